The van der Waals surface area contributed by atoms with E-state index in [0.29, 0.717) is 18.7 Å². The Labute approximate surface area is 89.4 Å². The molecule has 0 saturated carbocycles. The third kappa shape index (κ3) is 2.69. The number of anilines is 1. The van der Waals surface area contributed by atoms with Gasteiger partial charge in [-0.15, -0.1) is 0 Å². The van der Waals surface area contributed by atoms with Gasteiger partial charge in [-0.05, 0) is 19.1 Å². The first-order valence-corrected chi connectivity index (χ1v) is 4.80. The normalized spacial score (nSPS) is 9.00. The van der Waals surface area contributed by atoms with Crippen molar-refractivity contribution in [2.24, 2.45) is 0 Å². The van der Waals surface area contributed by atoms with E-state index in [9.17, 15) is 0 Å². The summed E-state index contributed by atoms with van der Waals surface area (Å²) in [6, 6.07) is 7.80. The maximum atomic E-state index is 8.88. The molecular formula is C11H12N4. The van der Waals surface area contributed by atoms with Crippen LogP contribution in [0.15, 0.2) is 18.3 Å². The smallest absolute Gasteiger partial charge is 0.163 e. The van der Waals surface area contributed by atoms with Crippen LogP contribution >= 0.6 is 0 Å². The van der Waals surface area contributed by atoms with Gasteiger partial charge in [-0.1, -0.05) is 0 Å². The van der Waals surface area contributed by atoms with E-state index < -0.39 is 0 Å². The SMILES string of the molecule is CCN(CCC#N)c1cccnc1C#N. The first kappa shape index (κ1) is 11.0. The Bertz CT molecular complexity index is 400. The molecule has 4 nitrogen and oxygen atoms in total. The Morgan fingerprint density at radius 1 is 1.47 bits per heavy atom. The van der Waals surface area contributed by atoms with Crippen LogP contribution in [0.5, 0.6) is 0 Å². The molecule has 0 bridgehead atoms. The predicted molar refractivity (Wildman–Crippen MR) is 57.1 cm³/mol. The van der Waals surface area contributed by atoms with Crippen molar-refractivity contribution in [3.63, 3.8) is 0 Å². The molecule has 1 heterocycles. The van der Waals surface area contributed by atoms with Crippen molar-refractivity contribution in [1.29, 1.82) is 10.5 Å². The third-order valence-electron chi connectivity index (χ3n) is 2.11. The average molecular weight is 200 g/mol. The van der Waals surface area contributed by atoms with Gasteiger partial charge in [0.2, 0.25) is 0 Å². The molecule has 1 aromatic rings. The van der Waals surface area contributed by atoms with Gasteiger partial charge in [0, 0.05) is 19.3 Å². The molecule has 0 fully saturated rings. The second-order valence-electron chi connectivity index (χ2n) is 2.97. The summed E-state index contributed by atoms with van der Waals surface area (Å²) >= 11 is 0. The molecule has 0 saturated heterocycles. The zero-order valence-electron chi connectivity index (χ0n) is 8.64. The van der Waals surface area contributed by atoms with Crippen LogP contribution in [0, 0.1) is 22.7 Å². The van der Waals surface area contributed by atoms with E-state index in [1.807, 2.05) is 17.9 Å². The number of pyridine rings is 1. The van der Waals surface area contributed by atoms with Gasteiger partial charge >= 0.3 is 0 Å². The molecule has 0 atom stereocenters. The first-order valence-electron chi connectivity index (χ1n) is 4.80. The highest BCUT2D eigenvalue weighted by Crippen LogP contribution is 2.17. The summed E-state index contributed by atoms with van der Waals surface area (Å²) < 4.78 is 0. The maximum Gasteiger partial charge on any atom is 0.163 e. The minimum absolute atomic E-state index is 0.414. The highest BCUT2D eigenvalue weighted by Gasteiger charge is 2.09. The summed E-state index contributed by atoms with van der Waals surface area (Å²) in [5.41, 5.74) is 1.22. The zero-order valence-corrected chi connectivity index (χ0v) is 8.64. The van der Waals surface area contributed by atoms with Crippen molar-refractivity contribution in [2.75, 3.05) is 18.0 Å². The van der Waals surface area contributed by atoms with E-state index in [-0.39, 0.29) is 0 Å². The summed E-state index contributed by atoms with van der Waals surface area (Å²) in [7, 11) is 0. The molecule has 0 aliphatic carbocycles. The lowest BCUT2D eigenvalue weighted by Gasteiger charge is -2.21. The lowest BCUT2D eigenvalue weighted by molar-refractivity contribution is 0.822. The van der Waals surface area contributed by atoms with E-state index in [2.05, 4.69) is 17.1 Å². The quantitative estimate of drug-likeness (QED) is 0.742. The van der Waals surface area contributed by atoms with Crippen molar-refractivity contribution in [3.8, 4) is 12.1 Å². The third-order valence-corrected chi connectivity index (χ3v) is 2.11. The second-order valence-corrected chi connectivity index (χ2v) is 2.97. The monoisotopic (exact) mass is 200 g/mol. The molecule has 0 N–H and O–H groups in total. The van der Waals surface area contributed by atoms with Crippen LogP contribution in [0.25, 0.3) is 0 Å². The van der Waals surface area contributed by atoms with E-state index in [1.165, 1.54) is 0 Å². The van der Waals surface area contributed by atoms with Crippen molar-refractivity contribution < 1.29 is 0 Å². The fraction of sp³-hybridized carbons (Fsp3) is 0.364. The fourth-order valence-electron chi connectivity index (χ4n) is 1.37. The summed E-state index contributed by atoms with van der Waals surface area (Å²) in [6.07, 6.45) is 2.05. The molecule has 0 unspecified atom stereocenters. The van der Waals surface area contributed by atoms with Crippen LogP contribution in [-0.4, -0.2) is 18.1 Å². The summed E-state index contributed by atoms with van der Waals surface area (Å²) in [5, 5.41) is 17.4. The first-order chi connectivity index (χ1) is 7.33. The summed E-state index contributed by atoms with van der Waals surface area (Å²) in [6.45, 7) is 3.39. The molecule has 4 heteroatoms. The minimum Gasteiger partial charge on any atom is -0.368 e. The van der Waals surface area contributed by atoms with Crippen LogP contribution in [0.3, 0.4) is 0 Å². The molecule has 1 rings (SSSR count). The van der Waals surface area contributed by atoms with Gasteiger partial charge in [0.25, 0.3) is 0 Å². The number of hydrogen-bond acceptors (Lipinski definition) is 4. The number of rotatable bonds is 4. The van der Waals surface area contributed by atoms with Crippen LogP contribution in [0.4, 0.5) is 5.69 Å². The zero-order chi connectivity index (χ0) is 11.1. The van der Waals surface area contributed by atoms with Gasteiger partial charge in [0.05, 0.1) is 18.2 Å². The molecule has 0 aliphatic rings. The lowest BCUT2D eigenvalue weighted by atomic mass is 10.2. The van der Waals surface area contributed by atoms with Gasteiger partial charge in [0.1, 0.15) is 6.07 Å². The molecule has 0 amide bonds. The van der Waals surface area contributed by atoms with Crippen LogP contribution in [-0.2, 0) is 0 Å². The van der Waals surface area contributed by atoms with Gasteiger partial charge in [-0.3, -0.25) is 0 Å². The summed E-state index contributed by atoms with van der Waals surface area (Å²) in [4.78, 5) is 5.97. The van der Waals surface area contributed by atoms with E-state index in [1.54, 1.807) is 12.3 Å². The summed E-state index contributed by atoms with van der Waals surface area (Å²) in [5.74, 6) is 0. The van der Waals surface area contributed by atoms with Crippen molar-refractivity contribution >= 4 is 5.69 Å². The molecule has 1 aromatic heterocycles. The van der Waals surface area contributed by atoms with Crippen molar-refractivity contribution in [2.45, 2.75) is 13.3 Å². The van der Waals surface area contributed by atoms with Crippen molar-refractivity contribution in [1.82, 2.24) is 4.98 Å². The average Bonchev–Trinajstić information content (AvgIpc) is 2.30. The van der Waals surface area contributed by atoms with E-state index in [0.717, 1.165) is 12.2 Å². The Morgan fingerprint density at radius 2 is 2.27 bits per heavy atom. The van der Waals surface area contributed by atoms with E-state index >= 15 is 0 Å². The predicted octanol–water partition coefficient (Wildman–Crippen LogP) is 1.69. The van der Waals surface area contributed by atoms with Crippen LogP contribution in [0.1, 0.15) is 19.0 Å². The van der Waals surface area contributed by atoms with Crippen LogP contribution in [0.2, 0.25) is 0 Å². The Kier molecular flexibility index (Phi) is 4.12. The maximum absolute atomic E-state index is 8.88. The molecule has 0 spiro atoms. The second kappa shape index (κ2) is 5.62. The topological polar surface area (TPSA) is 63.7 Å². The largest absolute Gasteiger partial charge is 0.368 e. The molecular weight excluding hydrogens is 188 g/mol. The Hall–Kier alpha value is -2.07. The fourth-order valence-corrected chi connectivity index (χ4v) is 1.37. The number of hydrogen-bond donors (Lipinski definition) is 0. The van der Waals surface area contributed by atoms with Gasteiger partial charge in [0.15, 0.2) is 5.69 Å². The lowest BCUT2D eigenvalue weighted by Crippen LogP contribution is -2.24. The Balaban J connectivity index is 2.92. The highest BCUT2D eigenvalue weighted by atomic mass is 15.1. The molecule has 76 valence electrons. The highest BCUT2D eigenvalue weighted by molar-refractivity contribution is 5.55. The number of nitrogens with zero attached hydrogens (tertiary/aromatic N) is 4. The molecule has 0 aromatic carbocycles. The van der Waals surface area contributed by atoms with E-state index in [4.69, 9.17) is 10.5 Å². The number of aromatic nitrogens is 1. The Morgan fingerprint density at radius 3 is 2.87 bits per heavy atom. The van der Waals surface area contributed by atoms with Gasteiger partial charge in [-0.2, -0.15) is 10.5 Å². The number of nitriles is 2. The molecule has 0 radical (unpaired) electrons. The molecule has 0 aliphatic heterocycles. The van der Waals surface area contributed by atoms with Crippen LogP contribution < -0.4 is 4.90 Å². The van der Waals surface area contributed by atoms with Gasteiger partial charge in [-0.25, -0.2) is 4.98 Å². The van der Waals surface area contributed by atoms with Gasteiger partial charge < -0.3 is 4.90 Å². The standard InChI is InChI=1S/C11H12N4/c1-2-15(8-4-6-12)11-5-3-7-14-10(11)9-13/h3,5,7H,2,4,8H2,1H3. The minimum atomic E-state index is 0.414. The van der Waals surface area contributed by atoms with Crippen molar-refractivity contribution in [3.05, 3.63) is 24.0 Å². The molecule has 15 heavy (non-hydrogen) atoms.